The lowest BCUT2D eigenvalue weighted by Crippen LogP contribution is -2.31. The lowest BCUT2D eigenvalue weighted by atomic mass is 10.2. The third kappa shape index (κ3) is 4.57. The van der Waals surface area contributed by atoms with Crippen LogP contribution in [0.3, 0.4) is 0 Å². The van der Waals surface area contributed by atoms with Gasteiger partial charge in [0.1, 0.15) is 5.65 Å². The zero-order chi connectivity index (χ0) is 17.5. The second kappa shape index (κ2) is 8.29. The number of hydrogen-bond donors (Lipinski definition) is 0. The standard InChI is InChI=1S/C21H23N3O/c1-2-23(16-8-11-18-9-4-3-5-10-18)21(25)14-13-19-17-24-15-7-6-12-20(24)22-19/h3-12,15,17H,2,13-14,16H2,1H3/b11-8+. The highest BCUT2D eigenvalue weighted by Gasteiger charge is 2.11. The van der Waals surface area contributed by atoms with E-state index in [0.29, 0.717) is 25.9 Å². The molecule has 128 valence electrons. The minimum atomic E-state index is 0.164. The molecule has 3 aromatic rings. The van der Waals surface area contributed by atoms with Gasteiger partial charge in [0.15, 0.2) is 0 Å². The van der Waals surface area contributed by atoms with Gasteiger partial charge >= 0.3 is 0 Å². The molecule has 0 radical (unpaired) electrons. The van der Waals surface area contributed by atoms with Gasteiger partial charge < -0.3 is 9.30 Å². The fourth-order valence-electron chi connectivity index (χ4n) is 2.79. The third-order valence-corrected chi connectivity index (χ3v) is 4.18. The molecule has 25 heavy (non-hydrogen) atoms. The van der Waals surface area contributed by atoms with Crippen molar-refractivity contribution in [2.24, 2.45) is 0 Å². The summed E-state index contributed by atoms with van der Waals surface area (Å²) in [4.78, 5) is 18.9. The number of likely N-dealkylation sites (N-methyl/N-ethyl adjacent to an activating group) is 1. The first kappa shape index (κ1) is 17.0. The van der Waals surface area contributed by atoms with Gasteiger partial charge in [0.2, 0.25) is 5.91 Å². The predicted octanol–water partition coefficient (Wildman–Crippen LogP) is 3.83. The molecule has 0 saturated heterocycles. The van der Waals surface area contributed by atoms with E-state index in [1.807, 2.05) is 71.1 Å². The van der Waals surface area contributed by atoms with Crippen molar-refractivity contribution in [2.45, 2.75) is 19.8 Å². The molecule has 0 N–H and O–H groups in total. The van der Waals surface area contributed by atoms with E-state index >= 15 is 0 Å². The average molecular weight is 333 g/mol. The topological polar surface area (TPSA) is 37.6 Å². The van der Waals surface area contributed by atoms with Crippen molar-refractivity contribution in [3.8, 4) is 0 Å². The molecule has 1 amide bonds. The summed E-state index contributed by atoms with van der Waals surface area (Å²) in [5, 5.41) is 0. The van der Waals surface area contributed by atoms with Gasteiger partial charge in [-0.3, -0.25) is 4.79 Å². The number of hydrogen-bond acceptors (Lipinski definition) is 2. The van der Waals surface area contributed by atoms with Gasteiger partial charge in [0, 0.05) is 31.9 Å². The van der Waals surface area contributed by atoms with Crippen LogP contribution < -0.4 is 0 Å². The molecule has 4 heteroatoms. The number of pyridine rings is 1. The summed E-state index contributed by atoms with van der Waals surface area (Å²) < 4.78 is 1.99. The molecule has 2 aromatic heterocycles. The van der Waals surface area contributed by atoms with Crippen LogP contribution in [0.2, 0.25) is 0 Å². The Bertz CT molecular complexity index is 819. The van der Waals surface area contributed by atoms with Gasteiger partial charge in [0.25, 0.3) is 0 Å². The normalized spacial score (nSPS) is 11.2. The van der Waals surface area contributed by atoms with Crippen LogP contribution in [0.1, 0.15) is 24.6 Å². The van der Waals surface area contributed by atoms with Gasteiger partial charge in [-0.1, -0.05) is 48.6 Å². The number of aryl methyl sites for hydroxylation is 1. The highest BCUT2D eigenvalue weighted by molar-refractivity contribution is 5.76. The highest BCUT2D eigenvalue weighted by Crippen LogP contribution is 2.08. The van der Waals surface area contributed by atoms with Crippen molar-refractivity contribution in [3.05, 3.63) is 78.3 Å². The van der Waals surface area contributed by atoms with E-state index in [2.05, 4.69) is 23.2 Å². The van der Waals surface area contributed by atoms with E-state index in [9.17, 15) is 4.79 Å². The predicted molar refractivity (Wildman–Crippen MR) is 101 cm³/mol. The highest BCUT2D eigenvalue weighted by atomic mass is 16.2. The van der Waals surface area contributed by atoms with Gasteiger partial charge in [-0.05, 0) is 31.0 Å². The lowest BCUT2D eigenvalue weighted by molar-refractivity contribution is -0.130. The van der Waals surface area contributed by atoms with Crippen molar-refractivity contribution in [3.63, 3.8) is 0 Å². The van der Waals surface area contributed by atoms with E-state index in [1.54, 1.807) is 0 Å². The molecule has 0 atom stereocenters. The Balaban J connectivity index is 1.54. The Morgan fingerprint density at radius 2 is 1.96 bits per heavy atom. The summed E-state index contributed by atoms with van der Waals surface area (Å²) in [7, 11) is 0. The SMILES string of the molecule is CCN(C/C=C/c1ccccc1)C(=O)CCc1cn2ccccc2n1. The number of imidazole rings is 1. The summed E-state index contributed by atoms with van der Waals surface area (Å²) >= 11 is 0. The summed E-state index contributed by atoms with van der Waals surface area (Å²) in [6, 6.07) is 16.0. The molecule has 0 saturated carbocycles. The van der Waals surface area contributed by atoms with Crippen LogP contribution in [-0.2, 0) is 11.2 Å². The minimum Gasteiger partial charge on any atom is -0.339 e. The molecule has 0 aliphatic rings. The molecule has 2 heterocycles. The molecule has 0 fully saturated rings. The lowest BCUT2D eigenvalue weighted by Gasteiger charge is -2.18. The van der Waals surface area contributed by atoms with Crippen molar-refractivity contribution in [2.75, 3.05) is 13.1 Å². The fourth-order valence-corrected chi connectivity index (χ4v) is 2.79. The first-order valence-corrected chi connectivity index (χ1v) is 8.68. The second-order valence-electron chi connectivity index (χ2n) is 5.94. The van der Waals surface area contributed by atoms with Crippen molar-refractivity contribution < 1.29 is 4.79 Å². The maximum atomic E-state index is 12.5. The molecule has 4 nitrogen and oxygen atoms in total. The number of carbonyl (C=O) groups is 1. The zero-order valence-electron chi connectivity index (χ0n) is 14.5. The van der Waals surface area contributed by atoms with Crippen molar-refractivity contribution >= 4 is 17.6 Å². The second-order valence-corrected chi connectivity index (χ2v) is 5.94. The maximum Gasteiger partial charge on any atom is 0.223 e. The van der Waals surface area contributed by atoms with Crippen LogP contribution in [0.4, 0.5) is 0 Å². The number of fused-ring (bicyclic) bond motifs is 1. The number of amides is 1. The largest absolute Gasteiger partial charge is 0.339 e. The third-order valence-electron chi connectivity index (χ3n) is 4.18. The Morgan fingerprint density at radius 3 is 2.72 bits per heavy atom. The van der Waals surface area contributed by atoms with E-state index in [1.165, 1.54) is 0 Å². The summed E-state index contributed by atoms with van der Waals surface area (Å²) in [6.45, 7) is 3.36. The number of carbonyl (C=O) groups excluding carboxylic acids is 1. The first-order valence-electron chi connectivity index (χ1n) is 8.68. The smallest absolute Gasteiger partial charge is 0.223 e. The summed E-state index contributed by atoms with van der Waals surface area (Å²) in [5.74, 6) is 0.164. The number of rotatable bonds is 7. The first-order chi connectivity index (χ1) is 12.3. The molecular weight excluding hydrogens is 310 g/mol. The van der Waals surface area contributed by atoms with Crippen molar-refractivity contribution in [1.29, 1.82) is 0 Å². The fraction of sp³-hybridized carbons (Fsp3) is 0.238. The summed E-state index contributed by atoms with van der Waals surface area (Å²) in [5.41, 5.74) is 3.02. The Kier molecular flexibility index (Phi) is 5.62. The van der Waals surface area contributed by atoms with E-state index in [4.69, 9.17) is 0 Å². The van der Waals surface area contributed by atoms with Crippen LogP contribution in [0.25, 0.3) is 11.7 Å². The van der Waals surface area contributed by atoms with Crippen molar-refractivity contribution in [1.82, 2.24) is 14.3 Å². The average Bonchev–Trinajstić information content (AvgIpc) is 3.07. The zero-order valence-corrected chi connectivity index (χ0v) is 14.5. The van der Waals surface area contributed by atoms with Crippen LogP contribution in [0, 0.1) is 0 Å². The molecule has 0 unspecified atom stereocenters. The van der Waals surface area contributed by atoms with Gasteiger partial charge in [-0.2, -0.15) is 0 Å². The van der Waals surface area contributed by atoms with E-state index < -0.39 is 0 Å². The van der Waals surface area contributed by atoms with Crippen LogP contribution in [0.5, 0.6) is 0 Å². The molecule has 3 rings (SSSR count). The van der Waals surface area contributed by atoms with Gasteiger partial charge in [-0.25, -0.2) is 4.98 Å². The summed E-state index contributed by atoms with van der Waals surface area (Å²) in [6.07, 6.45) is 9.21. The molecule has 0 spiro atoms. The Morgan fingerprint density at radius 1 is 1.16 bits per heavy atom. The Labute approximate surface area is 148 Å². The van der Waals surface area contributed by atoms with Gasteiger partial charge in [-0.15, -0.1) is 0 Å². The molecule has 0 aliphatic carbocycles. The van der Waals surface area contributed by atoms with E-state index in [-0.39, 0.29) is 5.91 Å². The Hall–Kier alpha value is -2.88. The van der Waals surface area contributed by atoms with Crippen LogP contribution >= 0.6 is 0 Å². The molecular formula is C21H23N3O. The van der Waals surface area contributed by atoms with E-state index in [0.717, 1.165) is 16.9 Å². The quantitative estimate of drug-likeness (QED) is 0.659. The maximum absolute atomic E-state index is 12.5. The number of nitrogens with zero attached hydrogens (tertiary/aromatic N) is 3. The minimum absolute atomic E-state index is 0.164. The number of benzene rings is 1. The van der Waals surface area contributed by atoms with Crippen LogP contribution in [-0.4, -0.2) is 33.3 Å². The van der Waals surface area contributed by atoms with Crippen LogP contribution in [0.15, 0.2) is 67.0 Å². The van der Waals surface area contributed by atoms with Gasteiger partial charge in [0.05, 0.1) is 5.69 Å². The molecule has 0 aliphatic heterocycles. The number of aromatic nitrogens is 2. The molecule has 1 aromatic carbocycles. The monoisotopic (exact) mass is 333 g/mol. The molecule has 0 bridgehead atoms.